The molecule has 1 amide bonds. The summed E-state index contributed by atoms with van der Waals surface area (Å²) in [5.74, 6) is 0.820. The Kier molecular flexibility index (Phi) is 5.02. The van der Waals surface area contributed by atoms with Crippen molar-refractivity contribution in [1.29, 1.82) is 0 Å². The Hall–Kier alpha value is -0.390. The number of halogens is 2. The van der Waals surface area contributed by atoms with E-state index in [-0.39, 0.29) is 5.91 Å². The number of hydrogen-bond acceptors (Lipinski definition) is 2. The van der Waals surface area contributed by atoms with Gasteiger partial charge >= 0.3 is 0 Å². The second-order valence-corrected chi connectivity index (χ2v) is 7.78. The zero-order valence-electron chi connectivity index (χ0n) is 11.9. The van der Waals surface area contributed by atoms with Crippen LogP contribution in [0.5, 0.6) is 0 Å². The molecule has 0 atom stereocenters. The fourth-order valence-corrected chi connectivity index (χ4v) is 4.16. The molecule has 0 radical (unpaired) electrons. The Morgan fingerprint density at radius 2 is 1.90 bits per heavy atom. The smallest absolute Gasteiger partial charge is 0.255 e. The van der Waals surface area contributed by atoms with Crippen LogP contribution in [0.4, 0.5) is 0 Å². The van der Waals surface area contributed by atoms with Gasteiger partial charge in [-0.2, -0.15) is 0 Å². The zero-order chi connectivity index (χ0) is 14.8. The molecule has 0 unspecified atom stereocenters. The summed E-state index contributed by atoms with van der Waals surface area (Å²) in [5, 5.41) is 3.39. The lowest BCUT2D eigenvalue weighted by molar-refractivity contribution is 0.0700. The summed E-state index contributed by atoms with van der Waals surface area (Å²) in [6.45, 7) is 3.08. The molecule has 114 valence electrons. The molecule has 0 spiro atoms. The minimum atomic E-state index is 0.176. The number of benzene rings is 1. The van der Waals surface area contributed by atoms with E-state index in [1.54, 1.807) is 0 Å². The summed E-state index contributed by atoms with van der Waals surface area (Å²) in [7, 11) is 0. The van der Waals surface area contributed by atoms with Gasteiger partial charge in [0.15, 0.2) is 0 Å². The lowest BCUT2D eigenvalue weighted by Gasteiger charge is -2.30. The Balaban J connectivity index is 1.75. The maximum atomic E-state index is 12.9. The van der Waals surface area contributed by atoms with E-state index in [1.165, 1.54) is 12.8 Å². The van der Waals surface area contributed by atoms with Crippen molar-refractivity contribution in [2.24, 2.45) is 5.92 Å². The van der Waals surface area contributed by atoms with Crippen molar-refractivity contribution < 1.29 is 4.79 Å². The van der Waals surface area contributed by atoms with Crippen LogP contribution >= 0.6 is 31.9 Å². The van der Waals surface area contributed by atoms with Gasteiger partial charge in [0.05, 0.1) is 5.56 Å². The van der Waals surface area contributed by atoms with E-state index in [4.69, 9.17) is 0 Å². The summed E-state index contributed by atoms with van der Waals surface area (Å²) in [5.41, 5.74) is 0.777. The normalized spacial score (nSPS) is 19.5. The quantitative estimate of drug-likeness (QED) is 0.810. The molecule has 0 aromatic heterocycles. The number of piperidine rings is 1. The van der Waals surface area contributed by atoms with E-state index in [9.17, 15) is 4.79 Å². The van der Waals surface area contributed by atoms with Crippen molar-refractivity contribution in [3.8, 4) is 0 Å². The first kappa shape index (κ1) is 15.5. The predicted molar refractivity (Wildman–Crippen MR) is 91.5 cm³/mol. The van der Waals surface area contributed by atoms with Gasteiger partial charge in [0.1, 0.15) is 0 Å². The molecule has 1 saturated heterocycles. The van der Waals surface area contributed by atoms with E-state index in [1.807, 2.05) is 18.2 Å². The molecule has 1 heterocycles. The van der Waals surface area contributed by atoms with Crippen LogP contribution < -0.4 is 5.32 Å². The number of carbonyl (C=O) groups is 1. The van der Waals surface area contributed by atoms with Gasteiger partial charge in [-0.1, -0.05) is 15.9 Å². The Morgan fingerprint density at radius 1 is 1.19 bits per heavy atom. The van der Waals surface area contributed by atoms with Crippen LogP contribution in [-0.2, 0) is 0 Å². The minimum Gasteiger partial charge on any atom is -0.335 e. The average molecular weight is 416 g/mol. The van der Waals surface area contributed by atoms with Crippen LogP contribution in [0.25, 0.3) is 0 Å². The van der Waals surface area contributed by atoms with Crippen LogP contribution in [0, 0.1) is 5.92 Å². The summed E-state index contributed by atoms with van der Waals surface area (Å²) in [6.07, 6.45) is 4.67. The summed E-state index contributed by atoms with van der Waals surface area (Å²) in [6, 6.07) is 6.26. The zero-order valence-corrected chi connectivity index (χ0v) is 15.1. The highest BCUT2D eigenvalue weighted by molar-refractivity contribution is 9.11. The number of amides is 1. The van der Waals surface area contributed by atoms with Gasteiger partial charge in [0.25, 0.3) is 5.91 Å². The highest BCUT2D eigenvalue weighted by Gasteiger charge is 2.35. The average Bonchev–Trinajstić information content (AvgIpc) is 3.30. The first-order valence-electron chi connectivity index (χ1n) is 7.62. The fourth-order valence-electron chi connectivity index (χ4n) is 2.94. The number of hydrogen-bond donors (Lipinski definition) is 1. The van der Waals surface area contributed by atoms with E-state index in [0.717, 1.165) is 47.0 Å². The molecule has 2 aliphatic rings. The molecule has 1 N–H and O–H groups in total. The van der Waals surface area contributed by atoms with Gasteiger partial charge in [0.2, 0.25) is 0 Å². The molecule has 0 bridgehead atoms. The first-order valence-corrected chi connectivity index (χ1v) is 9.20. The molecule has 1 aliphatic carbocycles. The van der Waals surface area contributed by atoms with Crippen molar-refractivity contribution in [1.82, 2.24) is 10.2 Å². The molecule has 1 aromatic rings. The summed E-state index contributed by atoms with van der Waals surface area (Å²) in [4.78, 5) is 15.0. The Morgan fingerprint density at radius 3 is 2.52 bits per heavy atom. The fraction of sp³-hybridized carbons (Fsp3) is 0.562. The van der Waals surface area contributed by atoms with Gasteiger partial charge in [0, 0.05) is 21.5 Å². The number of nitrogens with zero attached hydrogens (tertiary/aromatic N) is 1. The number of rotatable bonds is 4. The molecule has 3 nitrogen and oxygen atoms in total. The molecule has 1 saturated carbocycles. The molecular weight excluding hydrogens is 396 g/mol. The van der Waals surface area contributed by atoms with Crippen molar-refractivity contribution in [3.63, 3.8) is 0 Å². The Labute approximate surface area is 142 Å². The molecule has 1 aliphatic heterocycles. The minimum absolute atomic E-state index is 0.176. The van der Waals surface area contributed by atoms with Gasteiger partial charge in [-0.25, -0.2) is 0 Å². The largest absolute Gasteiger partial charge is 0.335 e. The third-order valence-corrected chi connectivity index (χ3v) is 5.47. The highest BCUT2D eigenvalue weighted by Crippen LogP contribution is 2.32. The molecule has 3 rings (SSSR count). The van der Waals surface area contributed by atoms with Gasteiger partial charge in [-0.05, 0) is 78.8 Å². The second kappa shape index (κ2) is 6.80. The van der Waals surface area contributed by atoms with Gasteiger partial charge < -0.3 is 10.2 Å². The number of carbonyl (C=O) groups excluding carboxylic acids is 1. The SMILES string of the molecule is O=C(c1ccc(Br)cc1Br)N(CC1CCNCC1)C1CC1. The lowest BCUT2D eigenvalue weighted by atomic mass is 9.97. The second-order valence-electron chi connectivity index (χ2n) is 6.01. The maximum absolute atomic E-state index is 12.9. The summed E-state index contributed by atoms with van der Waals surface area (Å²) >= 11 is 6.96. The van der Waals surface area contributed by atoms with Crippen molar-refractivity contribution in [3.05, 3.63) is 32.7 Å². The lowest BCUT2D eigenvalue weighted by Crippen LogP contribution is -2.40. The van der Waals surface area contributed by atoms with E-state index >= 15 is 0 Å². The third-order valence-electron chi connectivity index (χ3n) is 4.32. The van der Waals surface area contributed by atoms with Crippen LogP contribution in [0.15, 0.2) is 27.1 Å². The van der Waals surface area contributed by atoms with Crippen LogP contribution in [0.3, 0.4) is 0 Å². The molecule has 5 heteroatoms. The third kappa shape index (κ3) is 3.88. The van der Waals surface area contributed by atoms with E-state index in [2.05, 4.69) is 42.1 Å². The monoisotopic (exact) mass is 414 g/mol. The molecule has 2 fully saturated rings. The van der Waals surface area contributed by atoms with E-state index < -0.39 is 0 Å². The first-order chi connectivity index (χ1) is 10.1. The Bertz CT molecular complexity index is 525. The predicted octanol–water partition coefficient (Wildman–Crippen LogP) is 3.82. The van der Waals surface area contributed by atoms with Crippen molar-refractivity contribution in [2.75, 3.05) is 19.6 Å². The van der Waals surface area contributed by atoms with Crippen LogP contribution in [0.2, 0.25) is 0 Å². The van der Waals surface area contributed by atoms with Crippen molar-refractivity contribution >= 4 is 37.8 Å². The van der Waals surface area contributed by atoms with E-state index in [0.29, 0.717) is 12.0 Å². The molecule has 21 heavy (non-hydrogen) atoms. The van der Waals surface area contributed by atoms with Crippen LogP contribution in [-0.4, -0.2) is 36.5 Å². The topological polar surface area (TPSA) is 32.3 Å². The number of nitrogens with one attached hydrogen (secondary N) is 1. The standard InChI is InChI=1S/C16H20Br2N2O/c17-12-1-4-14(15(18)9-12)16(21)20(13-2-3-13)10-11-5-7-19-8-6-11/h1,4,9,11,13,19H,2-3,5-8,10H2. The van der Waals surface area contributed by atoms with Crippen LogP contribution in [0.1, 0.15) is 36.0 Å². The summed E-state index contributed by atoms with van der Waals surface area (Å²) < 4.78 is 1.86. The van der Waals surface area contributed by atoms with Gasteiger partial charge in [-0.15, -0.1) is 0 Å². The maximum Gasteiger partial charge on any atom is 0.255 e. The molecular formula is C16H20Br2N2O. The highest BCUT2D eigenvalue weighted by atomic mass is 79.9. The molecule has 1 aromatic carbocycles. The van der Waals surface area contributed by atoms with Gasteiger partial charge in [-0.3, -0.25) is 4.79 Å². The van der Waals surface area contributed by atoms with Crippen molar-refractivity contribution in [2.45, 2.75) is 31.7 Å².